The van der Waals surface area contributed by atoms with Gasteiger partial charge in [-0.15, -0.1) is 0 Å². The molecule has 11 heteroatoms. The van der Waals surface area contributed by atoms with Crippen LogP contribution in [0.3, 0.4) is 0 Å². The molecule has 0 atom stereocenters. The van der Waals surface area contributed by atoms with Crippen LogP contribution >= 0.6 is 11.8 Å². The number of nitrogens with zero attached hydrogens (tertiary/aromatic N) is 2. The summed E-state index contributed by atoms with van der Waals surface area (Å²) in [6.07, 6.45) is 4.63. The van der Waals surface area contributed by atoms with Gasteiger partial charge in [-0.05, 0) is 72.4 Å². The Balaban J connectivity index is 1.41. The van der Waals surface area contributed by atoms with Gasteiger partial charge in [0.1, 0.15) is 12.4 Å². The first-order valence-electron chi connectivity index (χ1n) is 15.5. The number of carboxylic acid groups (broad SMARTS) is 1. The molecule has 244 valence electrons. The number of halogens is 2. The van der Waals surface area contributed by atoms with Crippen molar-refractivity contribution < 1.29 is 28.3 Å². The van der Waals surface area contributed by atoms with Gasteiger partial charge < -0.3 is 20.6 Å². The number of carbonyl (C=O) groups excluding carboxylic acids is 2. The smallest absolute Gasteiger partial charge is 0.304 e. The minimum absolute atomic E-state index is 0.0584. The number of pyridine rings is 1. The van der Waals surface area contributed by atoms with Crippen LogP contribution in [0.4, 0.5) is 20.2 Å². The first-order valence-corrected chi connectivity index (χ1v) is 16.6. The van der Waals surface area contributed by atoms with Crippen molar-refractivity contribution in [1.82, 2.24) is 10.3 Å². The molecule has 1 aromatic heterocycles. The number of nitrogens with one attached hydrogen (secondary N) is 2. The second-order valence-electron chi connectivity index (χ2n) is 11.3. The molecule has 0 unspecified atom stereocenters. The Labute approximate surface area is 276 Å². The van der Waals surface area contributed by atoms with Gasteiger partial charge in [0.05, 0.1) is 17.7 Å². The predicted octanol–water partition coefficient (Wildman–Crippen LogP) is 7.24. The number of anilines is 2. The van der Waals surface area contributed by atoms with Gasteiger partial charge >= 0.3 is 5.97 Å². The highest BCUT2D eigenvalue weighted by atomic mass is 32.2. The number of alkyl halides is 1. The fraction of sp³-hybridized carbons (Fsp3) is 0.278. The molecule has 0 spiro atoms. The van der Waals surface area contributed by atoms with E-state index in [4.69, 9.17) is 5.11 Å². The van der Waals surface area contributed by atoms with Crippen LogP contribution < -0.4 is 15.5 Å². The molecule has 0 aliphatic carbocycles. The summed E-state index contributed by atoms with van der Waals surface area (Å²) in [5.74, 6) is -1.72. The Morgan fingerprint density at radius 1 is 0.894 bits per heavy atom. The van der Waals surface area contributed by atoms with E-state index >= 15 is 4.39 Å². The number of carboxylic acids is 1. The average molecular weight is 659 g/mol. The monoisotopic (exact) mass is 658 g/mol. The van der Waals surface area contributed by atoms with E-state index in [0.29, 0.717) is 39.4 Å². The number of aliphatic carboxylic acids is 1. The second kappa shape index (κ2) is 16.2. The van der Waals surface area contributed by atoms with Crippen molar-refractivity contribution in [3.05, 3.63) is 113 Å². The van der Waals surface area contributed by atoms with E-state index in [2.05, 4.69) is 20.5 Å². The molecule has 2 heterocycles. The Morgan fingerprint density at radius 3 is 2.45 bits per heavy atom. The Hall–Kier alpha value is -4.77. The lowest BCUT2D eigenvalue weighted by molar-refractivity contribution is -0.136. The highest BCUT2D eigenvalue weighted by Gasteiger charge is 2.22. The van der Waals surface area contributed by atoms with Crippen LogP contribution in [-0.2, 0) is 23.8 Å². The quantitative estimate of drug-likeness (QED) is 0.130. The lowest BCUT2D eigenvalue weighted by Crippen LogP contribution is -2.29. The minimum atomic E-state index is -0.856. The standard InChI is InChI=1S/C36H36F2N4O4S/c37-21-24-6-4-7-25(18-24)22-40-36(46)29-12-14-39-34(33(29)38)30-20-28(42-15-2-1-3-16-42)10-11-31(30)41-35(45)27-9-5-8-26(19-27)23-47-17-13-32(43)44/h4-12,14,18-20H,1-3,13,15-17,21-23H2,(H,40,46)(H,41,45)(H,43,44). The van der Waals surface area contributed by atoms with Gasteiger partial charge in [-0.1, -0.05) is 36.4 Å². The normalized spacial score (nSPS) is 12.9. The van der Waals surface area contributed by atoms with E-state index in [1.807, 2.05) is 12.1 Å². The summed E-state index contributed by atoms with van der Waals surface area (Å²) in [7, 11) is 0. The molecule has 1 fully saturated rings. The summed E-state index contributed by atoms with van der Waals surface area (Å²) in [6, 6.07) is 20.5. The number of hydrogen-bond acceptors (Lipinski definition) is 6. The van der Waals surface area contributed by atoms with Gasteiger partial charge in [0.15, 0.2) is 5.82 Å². The van der Waals surface area contributed by atoms with Crippen molar-refractivity contribution in [2.75, 3.05) is 29.1 Å². The maximum absolute atomic E-state index is 16.2. The van der Waals surface area contributed by atoms with Crippen molar-refractivity contribution in [1.29, 1.82) is 0 Å². The van der Waals surface area contributed by atoms with E-state index in [9.17, 15) is 18.8 Å². The topological polar surface area (TPSA) is 112 Å². The van der Waals surface area contributed by atoms with Gasteiger partial charge in [0.25, 0.3) is 11.8 Å². The molecule has 0 bridgehead atoms. The van der Waals surface area contributed by atoms with E-state index in [1.54, 1.807) is 54.6 Å². The summed E-state index contributed by atoms with van der Waals surface area (Å²) in [5.41, 5.74) is 3.70. The lowest BCUT2D eigenvalue weighted by atomic mass is 10.0. The van der Waals surface area contributed by atoms with Gasteiger partial charge in [0.2, 0.25) is 0 Å². The zero-order valence-corrected chi connectivity index (χ0v) is 26.6. The molecular formula is C36H36F2N4O4S. The van der Waals surface area contributed by atoms with Crippen LogP contribution in [0.2, 0.25) is 0 Å². The van der Waals surface area contributed by atoms with Gasteiger partial charge in [-0.25, -0.2) is 8.78 Å². The van der Waals surface area contributed by atoms with Crippen molar-refractivity contribution >= 4 is 40.9 Å². The summed E-state index contributed by atoms with van der Waals surface area (Å²) < 4.78 is 29.3. The minimum Gasteiger partial charge on any atom is -0.481 e. The van der Waals surface area contributed by atoms with E-state index in [0.717, 1.165) is 43.6 Å². The highest BCUT2D eigenvalue weighted by Crippen LogP contribution is 2.35. The molecule has 47 heavy (non-hydrogen) atoms. The molecule has 1 aliphatic heterocycles. The number of aromatic nitrogens is 1. The molecule has 1 saturated heterocycles. The van der Waals surface area contributed by atoms with Crippen molar-refractivity contribution in [2.24, 2.45) is 0 Å². The molecule has 1 aliphatic rings. The maximum atomic E-state index is 16.2. The van der Waals surface area contributed by atoms with Crippen LogP contribution in [0.5, 0.6) is 0 Å². The molecular weight excluding hydrogens is 622 g/mol. The number of piperidine rings is 1. The van der Waals surface area contributed by atoms with Crippen LogP contribution in [0.15, 0.2) is 79.0 Å². The van der Waals surface area contributed by atoms with Crippen LogP contribution in [0.25, 0.3) is 11.3 Å². The lowest BCUT2D eigenvalue weighted by Gasteiger charge is -2.29. The van der Waals surface area contributed by atoms with Crippen molar-refractivity contribution in [2.45, 2.75) is 44.7 Å². The number of thioether (sulfide) groups is 1. The van der Waals surface area contributed by atoms with E-state index in [1.165, 1.54) is 24.0 Å². The Kier molecular flexibility index (Phi) is 11.6. The number of amides is 2. The van der Waals surface area contributed by atoms with Crippen molar-refractivity contribution in [3.8, 4) is 11.3 Å². The average Bonchev–Trinajstić information content (AvgIpc) is 3.10. The molecule has 8 nitrogen and oxygen atoms in total. The molecule has 4 aromatic rings. The van der Waals surface area contributed by atoms with E-state index in [-0.39, 0.29) is 24.2 Å². The SMILES string of the molecule is O=C(O)CCSCc1cccc(C(=O)Nc2ccc(N3CCCCC3)cc2-c2nccc(C(=O)NCc3cccc(CF)c3)c2F)c1. The largest absolute Gasteiger partial charge is 0.481 e. The van der Waals surface area contributed by atoms with Gasteiger partial charge in [-0.3, -0.25) is 19.4 Å². The Bertz CT molecular complexity index is 1750. The molecule has 5 rings (SSSR count). The van der Waals surface area contributed by atoms with Crippen molar-refractivity contribution in [3.63, 3.8) is 0 Å². The molecule has 3 aromatic carbocycles. The third-order valence-corrected chi connectivity index (χ3v) is 8.91. The van der Waals surface area contributed by atoms with Crippen LogP contribution in [0.1, 0.15) is 63.1 Å². The third kappa shape index (κ3) is 8.94. The number of rotatable bonds is 13. The summed E-state index contributed by atoms with van der Waals surface area (Å²) in [5, 5.41) is 14.5. The van der Waals surface area contributed by atoms with Crippen LogP contribution in [0, 0.1) is 5.82 Å². The zero-order valence-electron chi connectivity index (χ0n) is 25.8. The third-order valence-electron chi connectivity index (χ3n) is 7.88. The maximum Gasteiger partial charge on any atom is 0.304 e. The first-order chi connectivity index (χ1) is 22.8. The zero-order chi connectivity index (χ0) is 33.2. The second-order valence-corrected chi connectivity index (χ2v) is 12.4. The molecule has 3 N–H and O–H groups in total. The highest BCUT2D eigenvalue weighted by molar-refractivity contribution is 7.98. The van der Waals surface area contributed by atoms with E-state index < -0.39 is 30.3 Å². The molecule has 0 radical (unpaired) electrons. The predicted molar refractivity (Wildman–Crippen MR) is 181 cm³/mol. The van der Waals surface area contributed by atoms with Gasteiger partial charge in [0, 0.05) is 54.2 Å². The fourth-order valence-electron chi connectivity index (χ4n) is 5.44. The molecule has 0 saturated carbocycles. The number of hydrogen-bond donors (Lipinski definition) is 3. The summed E-state index contributed by atoms with van der Waals surface area (Å²) in [6.45, 7) is 1.17. The Morgan fingerprint density at radius 2 is 1.66 bits per heavy atom. The summed E-state index contributed by atoms with van der Waals surface area (Å²) in [4.78, 5) is 44.0. The summed E-state index contributed by atoms with van der Waals surface area (Å²) >= 11 is 1.47. The first kappa shape index (κ1) is 33.6. The molecule has 2 amide bonds. The van der Waals surface area contributed by atoms with Gasteiger partial charge in [-0.2, -0.15) is 11.8 Å². The number of benzene rings is 3. The number of carbonyl (C=O) groups is 3. The van der Waals surface area contributed by atoms with Crippen LogP contribution in [-0.4, -0.2) is 46.7 Å². The fourth-order valence-corrected chi connectivity index (χ4v) is 6.32.